The number of anilines is 2. The Bertz CT molecular complexity index is 794. The largest absolute Gasteiger partial charge is 0.378 e. The minimum Gasteiger partial charge on any atom is -0.378 e. The van der Waals surface area contributed by atoms with Gasteiger partial charge in [-0.3, -0.25) is 4.79 Å². The number of aryl methyl sites for hydroxylation is 1. The summed E-state index contributed by atoms with van der Waals surface area (Å²) in [4.78, 5) is 20.0. The molecule has 3 heterocycles. The lowest BCUT2D eigenvalue weighted by molar-refractivity contribution is 0.122. The Morgan fingerprint density at radius 3 is 2.65 bits per heavy atom. The molecule has 0 aliphatic carbocycles. The SMILES string of the molecule is Cc1ccc(C[C@@H]2CCCN2c2cc(N3CCOCC3)cc(=O)[nH]2)cc1. The Balaban J connectivity index is 1.56. The Morgan fingerprint density at radius 2 is 1.88 bits per heavy atom. The minimum atomic E-state index is -0.0232. The Hall–Kier alpha value is -2.27. The van der Waals surface area contributed by atoms with Crippen molar-refractivity contribution in [3.63, 3.8) is 0 Å². The second-order valence-electron chi connectivity index (χ2n) is 7.37. The number of nitrogens with one attached hydrogen (secondary N) is 1. The van der Waals surface area contributed by atoms with Gasteiger partial charge in [-0.15, -0.1) is 0 Å². The van der Waals surface area contributed by atoms with Crippen molar-refractivity contribution < 1.29 is 4.74 Å². The van der Waals surface area contributed by atoms with Gasteiger partial charge >= 0.3 is 0 Å². The maximum Gasteiger partial charge on any atom is 0.251 e. The molecular formula is C21H27N3O2. The Morgan fingerprint density at radius 1 is 1.12 bits per heavy atom. The van der Waals surface area contributed by atoms with Crippen LogP contribution < -0.4 is 15.4 Å². The van der Waals surface area contributed by atoms with Crippen LogP contribution in [0.3, 0.4) is 0 Å². The van der Waals surface area contributed by atoms with Crippen LogP contribution in [-0.2, 0) is 11.2 Å². The number of nitrogens with zero attached hydrogens (tertiary/aromatic N) is 2. The van der Waals surface area contributed by atoms with Gasteiger partial charge in [-0.2, -0.15) is 0 Å². The Kier molecular flexibility index (Phi) is 4.98. The van der Waals surface area contributed by atoms with Crippen LogP contribution in [0.1, 0.15) is 24.0 Å². The molecule has 1 aromatic carbocycles. The summed E-state index contributed by atoms with van der Waals surface area (Å²) in [5.41, 5.74) is 3.64. The fourth-order valence-electron chi connectivity index (χ4n) is 4.03. The molecule has 2 saturated heterocycles. The average Bonchev–Trinajstić information content (AvgIpc) is 3.12. The number of hydrogen-bond donors (Lipinski definition) is 1. The molecular weight excluding hydrogens is 326 g/mol. The van der Waals surface area contributed by atoms with E-state index in [0.717, 1.165) is 57.2 Å². The van der Waals surface area contributed by atoms with Crippen LogP contribution in [0.5, 0.6) is 0 Å². The first-order valence-corrected chi connectivity index (χ1v) is 9.58. The van der Waals surface area contributed by atoms with E-state index in [2.05, 4.69) is 52.0 Å². The van der Waals surface area contributed by atoms with E-state index in [1.54, 1.807) is 6.07 Å². The standard InChI is InChI=1S/C21H27N3O2/c1-16-4-6-17(7-5-16)13-18-3-2-8-24(18)20-14-19(15-21(25)22-20)23-9-11-26-12-10-23/h4-7,14-15,18H,2-3,8-13H2,1H3,(H,22,25)/t18-/m0/s1. The van der Waals surface area contributed by atoms with Gasteiger partial charge in [-0.1, -0.05) is 29.8 Å². The highest BCUT2D eigenvalue weighted by Crippen LogP contribution is 2.28. The molecule has 0 radical (unpaired) electrons. The quantitative estimate of drug-likeness (QED) is 0.918. The van der Waals surface area contributed by atoms with Crippen molar-refractivity contribution in [3.05, 3.63) is 57.9 Å². The zero-order valence-electron chi connectivity index (χ0n) is 15.4. The summed E-state index contributed by atoms with van der Waals surface area (Å²) in [5.74, 6) is 0.952. The number of H-pyrrole nitrogens is 1. The van der Waals surface area contributed by atoms with Crippen molar-refractivity contribution in [2.24, 2.45) is 0 Å². The zero-order chi connectivity index (χ0) is 17.9. The fourth-order valence-corrected chi connectivity index (χ4v) is 4.03. The van der Waals surface area contributed by atoms with E-state index in [9.17, 15) is 4.79 Å². The maximum atomic E-state index is 12.3. The summed E-state index contributed by atoms with van der Waals surface area (Å²) in [6.45, 7) is 6.25. The molecule has 2 aliphatic heterocycles. The smallest absolute Gasteiger partial charge is 0.251 e. The normalized spacial score (nSPS) is 20.6. The minimum absolute atomic E-state index is 0.0232. The molecule has 0 amide bonds. The highest BCUT2D eigenvalue weighted by atomic mass is 16.5. The van der Waals surface area contributed by atoms with E-state index in [1.807, 2.05) is 0 Å². The lowest BCUT2D eigenvalue weighted by atomic mass is 10.0. The molecule has 5 nitrogen and oxygen atoms in total. The van der Waals surface area contributed by atoms with Crippen LogP contribution in [0.4, 0.5) is 11.5 Å². The zero-order valence-corrected chi connectivity index (χ0v) is 15.4. The van der Waals surface area contributed by atoms with Crippen LogP contribution in [-0.4, -0.2) is 43.9 Å². The van der Waals surface area contributed by atoms with E-state index in [-0.39, 0.29) is 5.56 Å². The van der Waals surface area contributed by atoms with Crippen molar-refractivity contribution in [1.29, 1.82) is 0 Å². The van der Waals surface area contributed by atoms with Crippen LogP contribution in [0, 0.1) is 6.92 Å². The molecule has 0 bridgehead atoms. The first kappa shape index (κ1) is 17.2. The third kappa shape index (κ3) is 3.78. The fraction of sp³-hybridized carbons (Fsp3) is 0.476. The first-order valence-electron chi connectivity index (χ1n) is 9.58. The van der Waals surface area contributed by atoms with Gasteiger partial charge in [-0.25, -0.2) is 0 Å². The van der Waals surface area contributed by atoms with Crippen LogP contribution in [0.2, 0.25) is 0 Å². The molecule has 2 aliphatic rings. The van der Waals surface area contributed by atoms with Crippen molar-refractivity contribution in [2.75, 3.05) is 42.6 Å². The molecule has 0 spiro atoms. The van der Waals surface area contributed by atoms with Gasteiger partial charge in [0, 0.05) is 43.5 Å². The summed E-state index contributed by atoms with van der Waals surface area (Å²) in [7, 11) is 0. The monoisotopic (exact) mass is 353 g/mol. The van der Waals surface area contributed by atoms with E-state index in [1.165, 1.54) is 17.5 Å². The third-order valence-corrected chi connectivity index (χ3v) is 5.47. The van der Waals surface area contributed by atoms with Gasteiger partial charge in [0.15, 0.2) is 0 Å². The Labute approximate surface area is 154 Å². The van der Waals surface area contributed by atoms with Crippen molar-refractivity contribution in [1.82, 2.24) is 4.98 Å². The summed E-state index contributed by atoms with van der Waals surface area (Å²) in [6.07, 6.45) is 3.35. The first-order chi connectivity index (χ1) is 12.7. The summed E-state index contributed by atoms with van der Waals surface area (Å²) in [5, 5.41) is 0. The lowest BCUT2D eigenvalue weighted by Crippen LogP contribution is -2.37. The van der Waals surface area contributed by atoms with Gasteiger partial charge in [0.05, 0.1) is 13.2 Å². The predicted molar refractivity (Wildman–Crippen MR) is 105 cm³/mol. The summed E-state index contributed by atoms with van der Waals surface area (Å²) < 4.78 is 5.44. The highest BCUT2D eigenvalue weighted by Gasteiger charge is 2.26. The molecule has 1 N–H and O–H groups in total. The second-order valence-corrected chi connectivity index (χ2v) is 7.37. The molecule has 26 heavy (non-hydrogen) atoms. The van der Waals surface area contributed by atoms with Crippen LogP contribution in [0.25, 0.3) is 0 Å². The molecule has 5 heteroatoms. The molecule has 1 aromatic heterocycles. The number of morpholine rings is 1. The van der Waals surface area contributed by atoms with Crippen molar-refractivity contribution in [3.8, 4) is 0 Å². The van der Waals surface area contributed by atoms with E-state index < -0.39 is 0 Å². The van der Waals surface area contributed by atoms with Crippen LogP contribution in [0.15, 0.2) is 41.2 Å². The van der Waals surface area contributed by atoms with Crippen LogP contribution >= 0.6 is 0 Å². The molecule has 1 atom stereocenters. The number of aromatic amines is 1. The van der Waals surface area contributed by atoms with Gasteiger partial charge in [-0.05, 0) is 31.7 Å². The lowest BCUT2D eigenvalue weighted by Gasteiger charge is -2.31. The van der Waals surface area contributed by atoms with Gasteiger partial charge in [0.2, 0.25) is 0 Å². The van der Waals surface area contributed by atoms with E-state index in [4.69, 9.17) is 4.74 Å². The second kappa shape index (κ2) is 7.54. The van der Waals surface area contributed by atoms with Crippen molar-refractivity contribution >= 4 is 11.5 Å². The van der Waals surface area contributed by atoms with Gasteiger partial charge in [0.1, 0.15) is 5.82 Å². The van der Waals surface area contributed by atoms with Crippen molar-refractivity contribution in [2.45, 2.75) is 32.2 Å². The number of rotatable bonds is 4. The maximum absolute atomic E-state index is 12.3. The summed E-state index contributed by atoms with van der Waals surface area (Å²) >= 11 is 0. The van der Waals surface area contributed by atoms with E-state index >= 15 is 0 Å². The number of hydrogen-bond acceptors (Lipinski definition) is 4. The number of benzene rings is 1. The summed E-state index contributed by atoms with van der Waals surface area (Å²) in [6, 6.07) is 13.1. The highest BCUT2D eigenvalue weighted by molar-refractivity contribution is 5.56. The molecule has 0 unspecified atom stereocenters. The number of aromatic nitrogens is 1. The topological polar surface area (TPSA) is 48.6 Å². The van der Waals surface area contributed by atoms with E-state index in [0.29, 0.717) is 6.04 Å². The predicted octanol–water partition coefficient (Wildman–Crippen LogP) is 2.73. The van der Waals surface area contributed by atoms with Gasteiger partial charge in [0.25, 0.3) is 5.56 Å². The molecule has 4 rings (SSSR count). The molecule has 138 valence electrons. The molecule has 2 fully saturated rings. The van der Waals surface area contributed by atoms with Gasteiger partial charge < -0.3 is 19.5 Å². The number of ether oxygens (including phenoxy) is 1. The average molecular weight is 353 g/mol. The molecule has 0 saturated carbocycles. The molecule has 2 aromatic rings. The number of pyridine rings is 1. The third-order valence-electron chi connectivity index (χ3n) is 5.47.